The number of carbonyl (C=O) groups is 2. The quantitative estimate of drug-likeness (QED) is 0.822. The predicted octanol–water partition coefficient (Wildman–Crippen LogP) is 2.79. The minimum atomic E-state index is -0.476. The largest absolute Gasteiger partial charge is 0.508 e. The van der Waals surface area contributed by atoms with E-state index in [1.54, 1.807) is 17.1 Å². The summed E-state index contributed by atoms with van der Waals surface area (Å²) in [5.74, 6) is 0.121. The maximum atomic E-state index is 12.9. The molecular formula is C23H27N3O4. The SMILES string of the molecule is CC(=O)N1C2CC(CN(CCc3cccc(O)c3)C2)N1C(=O)OCc1ccccc1. The van der Waals surface area contributed by atoms with Crippen molar-refractivity contribution in [1.82, 2.24) is 14.9 Å². The van der Waals surface area contributed by atoms with Crippen LogP contribution in [0.3, 0.4) is 0 Å². The molecule has 0 spiro atoms. The summed E-state index contributed by atoms with van der Waals surface area (Å²) in [5, 5.41) is 12.7. The van der Waals surface area contributed by atoms with Gasteiger partial charge in [-0.25, -0.2) is 14.8 Å². The third kappa shape index (κ3) is 4.41. The van der Waals surface area contributed by atoms with Gasteiger partial charge in [-0.1, -0.05) is 42.5 Å². The number of carbonyl (C=O) groups excluding carboxylic acids is 2. The smallest absolute Gasteiger partial charge is 0.429 e. The van der Waals surface area contributed by atoms with Crippen LogP contribution in [-0.2, 0) is 22.6 Å². The number of hydrogen-bond donors (Lipinski definition) is 1. The first-order chi connectivity index (χ1) is 14.5. The second kappa shape index (κ2) is 8.75. The first kappa shape index (κ1) is 20.2. The topological polar surface area (TPSA) is 73.3 Å². The van der Waals surface area contributed by atoms with E-state index in [0.29, 0.717) is 6.54 Å². The predicted molar refractivity (Wildman–Crippen MR) is 111 cm³/mol. The lowest BCUT2D eigenvalue weighted by atomic mass is 10.0. The molecule has 2 heterocycles. The second-order valence-electron chi connectivity index (χ2n) is 7.97. The van der Waals surface area contributed by atoms with Gasteiger partial charge in [0.1, 0.15) is 12.4 Å². The Morgan fingerprint density at radius 3 is 2.40 bits per heavy atom. The summed E-state index contributed by atoms with van der Waals surface area (Å²) in [6, 6.07) is 16.7. The van der Waals surface area contributed by atoms with Crippen LogP contribution in [0.15, 0.2) is 54.6 Å². The Morgan fingerprint density at radius 1 is 1.00 bits per heavy atom. The Hall–Kier alpha value is -3.06. The standard InChI is InChI=1S/C23H27N3O4/c1-17(27)25-20-13-21(26(25)23(29)30-16-19-6-3-2-4-7-19)15-24(14-20)11-10-18-8-5-9-22(28)12-18/h2-9,12,20-21,28H,10-11,13-16H2,1H3. The molecule has 0 aliphatic carbocycles. The molecule has 0 radical (unpaired) electrons. The number of phenols is 1. The van der Waals surface area contributed by atoms with Gasteiger partial charge in [-0.3, -0.25) is 9.69 Å². The van der Waals surface area contributed by atoms with Crippen molar-refractivity contribution in [2.24, 2.45) is 0 Å². The van der Waals surface area contributed by atoms with Crippen molar-refractivity contribution in [3.63, 3.8) is 0 Å². The van der Waals surface area contributed by atoms with Crippen LogP contribution >= 0.6 is 0 Å². The number of likely N-dealkylation sites (tertiary alicyclic amines) is 1. The number of piperidine rings is 1. The van der Waals surface area contributed by atoms with E-state index in [4.69, 9.17) is 4.74 Å². The molecule has 7 heteroatoms. The Bertz CT molecular complexity index is 904. The summed E-state index contributed by atoms with van der Waals surface area (Å²) in [6.07, 6.45) is 1.09. The molecular weight excluding hydrogens is 382 g/mol. The van der Waals surface area contributed by atoms with Gasteiger partial charge in [-0.2, -0.15) is 0 Å². The van der Waals surface area contributed by atoms with Gasteiger partial charge in [0, 0.05) is 26.6 Å². The molecule has 30 heavy (non-hydrogen) atoms. The first-order valence-corrected chi connectivity index (χ1v) is 10.3. The average molecular weight is 409 g/mol. The molecule has 1 N–H and O–H groups in total. The molecule has 2 fully saturated rings. The van der Waals surface area contributed by atoms with E-state index in [1.165, 1.54) is 11.9 Å². The number of benzene rings is 2. The number of hydrogen-bond acceptors (Lipinski definition) is 5. The van der Waals surface area contributed by atoms with Gasteiger partial charge < -0.3 is 9.84 Å². The number of fused-ring (bicyclic) bond motifs is 2. The Morgan fingerprint density at radius 2 is 1.70 bits per heavy atom. The van der Waals surface area contributed by atoms with Crippen molar-refractivity contribution < 1.29 is 19.4 Å². The Balaban J connectivity index is 1.40. The molecule has 2 amide bonds. The molecule has 2 unspecified atom stereocenters. The van der Waals surface area contributed by atoms with Gasteiger partial charge in [0.2, 0.25) is 5.91 Å². The maximum Gasteiger partial charge on any atom is 0.429 e. The molecule has 0 aromatic heterocycles. The number of phenolic OH excluding ortho intramolecular Hbond substituents is 1. The molecule has 2 atom stereocenters. The van der Waals surface area contributed by atoms with Crippen LogP contribution in [-0.4, -0.2) is 63.7 Å². The minimum Gasteiger partial charge on any atom is -0.508 e. The molecule has 2 aromatic rings. The van der Waals surface area contributed by atoms with E-state index >= 15 is 0 Å². The molecule has 2 bridgehead atoms. The van der Waals surface area contributed by atoms with Crippen molar-refractivity contribution in [3.8, 4) is 5.75 Å². The summed E-state index contributed by atoms with van der Waals surface area (Å²) < 4.78 is 5.53. The molecule has 2 aromatic carbocycles. The number of amides is 2. The Labute approximate surface area is 176 Å². The number of ether oxygens (including phenoxy) is 1. The highest BCUT2D eigenvalue weighted by Crippen LogP contribution is 2.31. The number of rotatable bonds is 5. The van der Waals surface area contributed by atoms with E-state index < -0.39 is 6.09 Å². The van der Waals surface area contributed by atoms with Gasteiger partial charge in [-0.15, -0.1) is 0 Å². The van der Waals surface area contributed by atoms with Crippen LogP contribution in [0.25, 0.3) is 0 Å². The Kier molecular flexibility index (Phi) is 5.90. The van der Waals surface area contributed by atoms with Crippen molar-refractivity contribution in [1.29, 1.82) is 0 Å². The summed E-state index contributed by atoms with van der Waals surface area (Å²) >= 11 is 0. The lowest BCUT2D eigenvalue weighted by molar-refractivity contribution is -0.143. The molecule has 0 saturated carbocycles. The summed E-state index contributed by atoms with van der Waals surface area (Å²) in [7, 11) is 0. The van der Waals surface area contributed by atoms with E-state index in [9.17, 15) is 14.7 Å². The summed E-state index contributed by atoms with van der Waals surface area (Å²) in [5.41, 5.74) is 1.98. The molecule has 2 saturated heterocycles. The van der Waals surface area contributed by atoms with Crippen molar-refractivity contribution in [2.45, 2.75) is 38.5 Å². The van der Waals surface area contributed by atoms with Gasteiger partial charge >= 0.3 is 6.09 Å². The van der Waals surface area contributed by atoms with Crippen LogP contribution in [0.4, 0.5) is 4.79 Å². The van der Waals surface area contributed by atoms with Gasteiger partial charge in [0.15, 0.2) is 0 Å². The molecule has 7 nitrogen and oxygen atoms in total. The summed E-state index contributed by atoms with van der Waals surface area (Å²) in [6.45, 7) is 3.89. The number of hydrazine groups is 1. The zero-order chi connectivity index (χ0) is 21.1. The third-order valence-electron chi connectivity index (χ3n) is 5.75. The van der Waals surface area contributed by atoms with Gasteiger partial charge in [0.05, 0.1) is 12.1 Å². The highest BCUT2D eigenvalue weighted by Gasteiger charge is 2.48. The lowest BCUT2D eigenvalue weighted by Crippen LogP contribution is -2.49. The van der Waals surface area contributed by atoms with Crippen LogP contribution < -0.4 is 0 Å². The first-order valence-electron chi connectivity index (χ1n) is 10.3. The van der Waals surface area contributed by atoms with E-state index in [2.05, 4.69) is 4.90 Å². The lowest BCUT2D eigenvalue weighted by Gasteiger charge is -2.30. The highest BCUT2D eigenvalue weighted by molar-refractivity contribution is 5.78. The van der Waals surface area contributed by atoms with Crippen LogP contribution in [0, 0.1) is 0 Å². The van der Waals surface area contributed by atoms with Crippen LogP contribution in [0.2, 0.25) is 0 Å². The fraction of sp³-hybridized carbons (Fsp3) is 0.391. The van der Waals surface area contributed by atoms with Gasteiger partial charge in [-0.05, 0) is 36.1 Å². The van der Waals surface area contributed by atoms with E-state index in [-0.39, 0.29) is 30.3 Å². The second-order valence-corrected chi connectivity index (χ2v) is 7.97. The van der Waals surface area contributed by atoms with E-state index in [1.807, 2.05) is 42.5 Å². The maximum absolute atomic E-state index is 12.9. The fourth-order valence-electron chi connectivity index (χ4n) is 4.45. The van der Waals surface area contributed by atoms with Crippen molar-refractivity contribution in [3.05, 3.63) is 65.7 Å². The zero-order valence-electron chi connectivity index (χ0n) is 17.1. The molecule has 4 rings (SSSR count). The number of nitrogens with zero attached hydrogens (tertiary/aromatic N) is 3. The average Bonchev–Trinajstić information content (AvgIpc) is 3.01. The summed E-state index contributed by atoms with van der Waals surface area (Å²) in [4.78, 5) is 27.5. The molecule has 158 valence electrons. The highest BCUT2D eigenvalue weighted by atomic mass is 16.6. The van der Waals surface area contributed by atoms with Crippen LogP contribution in [0.5, 0.6) is 5.75 Å². The van der Waals surface area contributed by atoms with Gasteiger partial charge in [0.25, 0.3) is 0 Å². The van der Waals surface area contributed by atoms with Crippen molar-refractivity contribution in [2.75, 3.05) is 19.6 Å². The molecule has 2 aliphatic rings. The van der Waals surface area contributed by atoms with E-state index in [0.717, 1.165) is 37.1 Å². The third-order valence-corrected chi connectivity index (χ3v) is 5.75. The number of aromatic hydroxyl groups is 1. The molecule has 2 aliphatic heterocycles. The zero-order valence-corrected chi connectivity index (χ0v) is 17.1. The van der Waals surface area contributed by atoms with Crippen LogP contribution in [0.1, 0.15) is 24.5 Å². The normalized spacial score (nSPS) is 21.0. The van der Waals surface area contributed by atoms with Crippen molar-refractivity contribution >= 4 is 12.0 Å². The minimum absolute atomic E-state index is 0.0327. The monoisotopic (exact) mass is 409 g/mol. The fourth-order valence-corrected chi connectivity index (χ4v) is 4.45.